The van der Waals surface area contributed by atoms with Gasteiger partial charge in [-0.15, -0.1) is 0 Å². The van der Waals surface area contributed by atoms with E-state index < -0.39 is 0 Å². The molecule has 1 N–H and O–H groups in total. The molecule has 0 unspecified atom stereocenters. The molecule has 0 radical (unpaired) electrons. The highest BCUT2D eigenvalue weighted by Crippen LogP contribution is 2.14. The molecule has 1 aliphatic rings. The lowest BCUT2D eigenvalue weighted by atomic mass is 10.1. The summed E-state index contributed by atoms with van der Waals surface area (Å²) in [6, 6.07) is 6.81. The van der Waals surface area contributed by atoms with Gasteiger partial charge in [0.2, 0.25) is 5.95 Å². The maximum atomic E-state index is 13.6. The number of benzene rings is 1. The number of nitrogens with one attached hydrogen (secondary N) is 1. The molecule has 104 valence electrons. The van der Waals surface area contributed by atoms with Gasteiger partial charge in [0.1, 0.15) is 5.82 Å². The van der Waals surface area contributed by atoms with Crippen LogP contribution in [0.3, 0.4) is 0 Å². The van der Waals surface area contributed by atoms with Gasteiger partial charge in [0.15, 0.2) is 0 Å². The summed E-state index contributed by atoms with van der Waals surface area (Å²) in [6.07, 6.45) is 4.10. The van der Waals surface area contributed by atoms with Crippen LogP contribution >= 0.6 is 0 Å². The number of hydrogen-bond acceptors (Lipinski definition) is 4. The van der Waals surface area contributed by atoms with Gasteiger partial charge in [-0.1, -0.05) is 18.2 Å². The van der Waals surface area contributed by atoms with Crippen LogP contribution in [0.4, 0.5) is 10.3 Å². The topological polar surface area (TPSA) is 41.1 Å². The van der Waals surface area contributed by atoms with Crippen molar-refractivity contribution in [2.45, 2.75) is 6.42 Å². The molecular formula is C15H17FN4. The first-order chi connectivity index (χ1) is 9.83. The molecule has 1 aromatic heterocycles. The van der Waals surface area contributed by atoms with Crippen LogP contribution in [0.15, 0.2) is 36.7 Å². The van der Waals surface area contributed by atoms with Crippen LogP contribution in [0, 0.1) is 5.82 Å². The Morgan fingerprint density at radius 2 is 1.80 bits per heavy atom. The summed E-state index contributed by atoms with van der Waals surface area (Å²) in [4.78, 5) is 10.9. The summed E-state index contributed by atoms with van der Waals surface area (Å²) < 4.78 is 13.6. The molecule has 0 atom stereocenters. The molecule has 20 heavy (non-hydrogen) atoms. The third-order valence-corrected chi connectivity index (χ3v) is 3.44. The standard InChI is InChI=1S/C15H17FN4/c16-14-4-2-1-3-13(14)9-12-10-18-15(19-11-12)20-7-5-17-6-8-20/h1-4,10-11,17H,5-9H2. The van der Waals surface area contributed by atoms with Crippen LogP contribution in [0.2, 0.25) is 0 Å². The van der Waals surface area contributed by atoms with Crippen molar-refractivity contribution in [3.63, 3.8) is 0 Å². The summed E-state index contributed by atoms with van der Waals surface area (Å²) in [5.41, 5.74) is 1.60. The van der Waals surface area contributed by atoms with E-state index in [1.165, 1.54) is 6.07 Å². The first kappa shape index (κ1) is 13.0. The van der Waals surface area contributed by atoms with Gasteiger partial charge in [0.25, 0.3) is 0 Å². The largest absolute Gasteiger partial charge is 0.338 e. The third-order valence-electron chi connectivity index (χ3n) is 3.44. The SMILES string of the molecule is Fc1ccccc1Cc1cnc(N2CCNCC2)nc1. The second-order valence-corrected chi connectivity index (χ2v) is 4.90. The second kappa shape index (κ2) is 5.96. The number of hydrogen-bond donors (Lipinski definition) is 1. The highest BCUT2D eigenvalue weighted by Gasteiger charge is 2.12. The number of aromatic nitrogens is 2. The van der Waals surface area contributed by atoms with E-state index in [1.54, 1.807) is 24.5 Å². The predicted molar refractivity (Wildman–Crippen MR) is 76.3 cm³/mol. The van der Waals surface area contributed by atoms with Gasteiger partial charge in [0.05, 0.1) is 0 Å². The summed E-state index contributed by atoms with van der Waals surface area (Å²) in [5.74, 6) is 0.572. The van der Waals surface area contributed by atoms with Gasteiger partial charge in [0, 0.05) is 45.0 Å². The molecule has 1 aromatic carbocycles. The lowest BCUT2D eigenvalue weighted by Crippen LogP contribution is -2.44. The smallest absolute Gasteiger partial charge is 0.225 e. The predicted octanol–water partition coefficient (Wildman–Crippen LogP) is 1.62. The van der Waals surface area contributed by atoms with E-state index in [2.05, 4.69) is 20.2 Å². The highest BCUT2D eigenvalue weighted by atomic mass is 19.1. The van der Waals surface area contributed by atoms with Gasteiger partial charge < -0.3 is 10.2 Å². The van der Waals surface area contributed by atoms with Crippen molar-refractivity contribution in [3.05, 3.63) is 53.6 Å². The number of rotatable bonds is 3. The fourth-order valence-electron chi connectivity index (χ4n) is 2.33. The van der Waals surface area contributed by atoms with Gasteiger partial charge >= 0.3 is 0 Å². The molecule has 2 aromatic rings. The molecule has 3 rings (SSSR count). The van der Waals surface area contributed by atoms with E-state index in [1.807, 2.05) is 6.07 Å². The molecule has 2 heterocycles. The molecule has 1 fully saturated rings. The summed E-state index contributed by atoms with van der Waals surface area (Å²) >= 11 is 0. The number of piperazine rings is 1. The normalized spacial score (nSPS) is 15.3. The van der Waals surface area contributed by atoms with E-state index in [0.717, 1.165) is 37.7 Å². The van der Waals surface area contributed by atoms with Crippen molar-refractivity contribution >= 4 is 5.95 Å². The van der Waals surface area contributed by atoms with Crippen molar-refractivity contribution < 1.29 is 4.39 Å². The molecule has 0 saturated carbocycles. The molecule has 1 aliphatic heterocycles. The number of halogens is 1. The van der Waals surface area contributed by atoms with Crippen LogP contribution in [-0.4, -0.2) is 36.1 Å². The van der Waals surface area contributed by atoms with Crippen molar-refractivity contribution in [1.82, 2.24) is 15.3 Å². The molecule has 0 bridgehead atoms. The van der Waals surface area contributed by atoms with Crippen molar-refractivity contribution in [3.8, 4) is 0 Å². The summed E-state index contributed by atoms with van der Waals surface area (Å²) in [5, 5.41) is 3.30. The fourth-order valence-corrected chi connectivity index (χ4v) is 2.33. The first-order valence-corrected chi connectivity index (χ1v) is 6.83. The zero-order chi connectivity index (χ0) is 13.8. The quantitative estimate of drug-likeness (QED) is 0.922. The lowest BCUT2D eigenvalue weighted by molar-refractivity contribution is 0.579. The summed E-state index contributed by atoms with van der Waals surface area (Å²) in [6.45, 7) is 3.76. The zero-order valence-corrected chi connectivity index (χ0v) is 11.2. The van der Waals surface area contributed by atoms with Crippen LogP contribution in [-0.2, 0) is 6.42 Å². The van der Waals surface area contributed by atoms with Gasteiger partial charge in [-0.25, -0.2) is 14.4 Å². The van der Waals surface area contributed by atoms with Gasteiger partial charge in [-0.05, 0) is 17.2 Å². The van der Waals surface area contributed by atoms with Crippen LogP contribution < -0.4 is 10.2 Å². The Morgan fingerprint density at radius 1 is 1.10 bits per heavy atom. The molecule has 0 aliphatic carbocycles. The van der Waals surface area contributed by atoms with Gasteiger partial charge in [-0.2, -0.15) is 0 Å². The van der Waals surface area contributed by atoms with Crippen molar-refractivity contribution in [2.75, 3.05) is 31.1 Å². The maximum absolute atomic E-state index is 13.6. The zero-order valence-electron chi connectivity index (χ0n) is 11.2. The Morgan fingerprint density at radius 3 is 2.50 bits per heavy atom. The second-order valence-electron chi connectivity index (χ2n) is 4.90. The van der Waals surface area contributed by atoms with E-state index >= 15 is 0 Å². The van der Waals surface area contributed by atoms with E-state index in [-0.39, 0.29) is 5.82 Å². The highest BCUT2D eigenvalue weighted by molar-refractivity contribution is 5.32. The number of anilines is 1. The minimum absolute atomic E-state index is 0.182. The Labute approximate surface area is 117 Å². The molecule has 1 saturated heterocycles. The average molecular weight is 272 g/mol. The Kier molecular flexibility index (Phi) is 3.87. The van der Waals surface area contributed by atoms with Crippen LogP contribution in [0.1, 0.15) is 11.1 Å². The van der Waals surface area contributed by atoms with E-state index in [9.17, 15) is 4.39 Å². The molecule has 4 nitrogen and oxygen atoms in total. The maximum Gasteiger partial charge on any atom is 0.225 e. The monoisotopic (exact) mass is 272 g/mol. The minimum atomic E-state index is -0.182. The molecular weight excluding hydrogens is 255 g/mol. The third kappa shape index (κ3) is 2.93. The van der Waals surface area contributed by atoms with E-state index in [0.29, 0.717) is 12.0 Å². The Balaban J connectivity index is 1.71. The minimum Gasteiger partial charge on any atom is -0.338 e. The number of nitrogens with zero attached hydrogens (tertiary/aromatic N) is 3. The average Bonchev–Trinajstić information content (AvgIpc) is 2.51. The van der Waals surface area contributed by atoms with Crippen molar-refractivity contribution in [2.24, 2.45) is 0 Å². The van der Waals surface area contributed by atoms with Crippen LogP contribution in [0.5, 0.6) is 0 Å². The lowest BCUT2D eigenvalue weighted by Gasteiger charge is -2.27. The Bertz CT molecular complexity index is 564. The molecule has 5 heteroatoms. The fraction of sp³-hybridized carbons (Fsp3) is 0.333. The van der Waals surface area contributed by atoms with Gasteiger partial charge in [-0.3, -0.25) is 0 Å². The molecule has 0 spiro atoms. The van der Waals surface area contributed by atoms with Crippen molar-refractivity contribution in [1.29, 1.82) is 0 Å². The van der Waals surface area contributed by atoms with Crippen LogP contribution in [0.25, 0.3) is 0 Å². The Hall–Kier alpha value is -2.01. The van der Waals surface area contributed by atoms with E-state index in [4.69, 9.17) is 0 Å². The first-order valence-electron chi connectivity index (χ1n) is 6.83. The summed E-state index contributed by atoms with van der Waals surface area (Å²) in [7, 11) is 0. The molecule has 0 amide bonds.